The fraction of sp³-hybridized carbons (Fsp3) is 0.588. The van der Waals surface area contributed by atoms with E-state index in [2.05, 4.69) is 10.6 Å². The number of carbonyl (C=O) groups excluding carboxylic acids is 1. The lowest BCUT2D eigenvalue weighted by Gasteiger charge is -2.23. The number of alkyl halides is 3. The van der Waals surface area contributed by atoms with Crippen molar-refractivity contribution >= 4 is 5.91 Å². The summed E-state index contributed by atoms with van der Waals surface area (Å²) in [6.07, 6.45) is -2.91. The molecule has 0 aliphatic carbocycles. The highest BCUT2D eigenvalue weighted by molar-refractivity contribution is 5.82. The van der Waals surface area contributed by atoms with Crippen LogP contribution >= 0.6 is 0 Å². The molecule has 0 radical (unpaired) electrons. The molecule has 1 unspecified atom stereocenters. The van der Waals surface area contributed by atoms with Crippen LogP contribution in [0.15, 0.2) is 18.2 Å². The Morgan fingerprint density at radius 2 is 2.04 bits per heavy atom. The van der Waals surface area contributed by atoms with E-state index in [9.17, 15) is 18.0 Å². The molecule has 1 atom stereocenters. The number of benzene rings is 1. The number of ether oxygens (including phenoxy) is 1. The predicted octanol–water partition coefficient (Wildman–Crippen LogP) is 3.25. The monoisotopic (exact) mass is 344 g/mol. The highest BCUT2D eigenvalue weighted by Crippen LogP contribution is 2.35. The van der Waals surface area contributed by atoms with Crippen molar-refractivity contribution in [2.24, 2.45) is 0 Å². The Morgan fingerprint density at radius 3 is 2.58 bits per heavy atom. The third-order valence-corrected chi connectivity index (χ3v) is 3.64. The lowest BCUT2D eigenvalue weighted by Crippen LogP contribution is -2.40. The molecule has 0 aromatic heterocycles. The smallest absolute Gasteiger partial charge is 0.416 e. The van der Waals surface area contributed by atoms with Gasteiger partial charge in [0, 0.05) is 6.54 Å². The molecule has 1 aromatic rings. The van der Waals surface area contributed by atoms with E-state index < -0.39 is 17.3 Å². The first-order valence-electron chi connectivity index (χ1n) is 7.96. The van der Waals surface area contributed by atoms with Gasteiger partial charge in [0.1, 0.15) is 11.4 Å². The summed E-state index contributed by atoms with van der Waals surface area (Å²) in [4.78, 5) is 12.0. The Bertz CT molecular complexity index is 588. The second-order valence-corrected chi connectivity index (χ2v) is 6.90. The van der Waals surface area contributed by atoms with Crippen molar-refractivity contribution in [3.63, 3.8) is 0 Å². The molecule has 4 nitrogen and oxygen atoms in total. The highest BCUT2D eigenvalue weighted by Gasteiger charge is 2.34. The van der Waals surface area contributed by atoms with Crippen molar-refractivity contribution in [1.82, 2.24) is 10.6 Å². The average molecular weight is 344 g/mol. The second kappa shape index (κ2) is 7.01. The molecule has 7 heteroatoms. The summed E-state index contributed by atoms with van der Waals surface area (Å²) in [6.45, 7) is 5.89. The first-order valence-corrected chi connectivity index (χ1v) is 7.96. The van der Waals surface area contributed by atoms with Gasteiger partial charge in [0.05, 0.1) is 11.6 Å². The molecular formula is C17H23F3N2O2. The van der Waals surface area contributed by atoms with Gasteiger partial charge >= 0.3 is 6.18 Å². The van der Waals surface area contributed by atoms with Crippen LogP contribution in [-0.2, 0) is 17.5 Å². The van der Waals surface area contributed by atoms with Crippen molar-refractivity contribution < 1.29 is 22.7 Å². The number of nitrogens with one attached hydrogen (secondary N) is 2. The van der Waals surface area contributed by atoms with Crippen LogP contribution in [0, 0.1) is 0 Å². The van der Waals surface area contributed by atoms with E-state index in [-0.39, 0.29) is 29.8 Å². The summed E-state index contributed by atoms with van der Waals surface area (Å²) in [5, 5.41) is 5.60. The molecular weight excluding hydrogens is 321 g/mol. The Kier molecular flexibility index (Phi) is 5.42. The molecule has 0 spiro atoms. The first kappa shape index (κ1) is 18.6. The van der Waals surface area contributed by atoms with Crippen LogP contribution < -0.4 is 15.4 Å². The normalized spacial score (nSPS) is 18.5. The van der Waals surface area contributed by atoms with E-state index >= 15 is 0 Å². The molecule has 24 heavy (non-hydrogen) atoms. The number of amides is 1. The molecule has 1 aliphatic heterocycles. The van der Waals surface area contributed by atoms with Crippen molar-refractivity contribution in [2.45, 2.75) is 58.0 Å². The zero-order valence-electron chi connectivity index (χ0n) is 14.1. The Hall–Kier alpha value is -1.76. The number of halogens is 3. The maximum Gasteiger partial charge on any atom is 0.416 e. The summed E-state index contributed by atoms with van der Waals surface area (Å²) >= 11 is 0. The van der Waals surface area contributed by atoms with Gasteiger partial charge in [0.2, 0.25) is 5.91 Å². The summed E-state index contributed by atoms with van der Waals surface area (Å²) in [5.41, 5.74) is -1.36. The van der Waals surface area contributed by atoms with Crippen molar-refractivity contribution in [3.05, 3.63) is 29.3 Å². The van der Waals surface area contributed by atoms with Gasteiger partial charge in [-0.15, -0.1) is 0 Å². The van der Waals surface area contributed by atoms with E-state index in [0.717, 1.165) is 19.0 Å². The van der Waals surface area contributed by atoms with E-state index in [1.54, 1.807) is 20.8 Å². The van der Waals surface area contributed by atoms with Crippen LogP contribution in [0.2, 0.25) is 0 Å². The van der Waals surface area contributed by atoms with Crippen LogP contribution in [0.3, 0.4) is 0 Å². The number of carbonyl (C=O) groups is 1. The van der Waals surface area contributed by atoms with Gasteiger partial charge < -0.3 is 15.4 Å². The molecule has 1 aliphatic rings. The Morgan fingerprint density at radius 1 is 1.33 bits per heavy atom. The van der Waals surface area contributed by atoms with Crippen LogP contribution in [0.1, 0.15) is 44.7 Å². The molecule has 2 N–H and O–H groups in total. The van der Waals surface area contributed by atoms with Gasteiger partial charge in [-0.05, 0) is 57.9 Å². The minimum atomic E-state index is -4.51. The van der Waals surface area contributed by atoms with Gasteiger partial charge in [-0.25, -0.2) is 0 Å². The zero-order valence-corrected chi connectivity index (χ0v) is 14.1. The Labute approximate surface area is 139 Å². The summed E-state index contributed by atoms with van der Waals surface area (Å²) in [6, 6.07) is 3.52. The third-order valence-electron chi connectivity index (χ3n) is 3.64. The summed E-state index contributed by atoms with van der Waals surface area (Å²) < 4.78 is 45.4. The number of hydrogen-bond donors (Lipinski definition) is 2. The molecule has 1 amide bonds. The molecule has 1 aromatic carbocycles. The van der Waals surface area contributed by atoms with Crippen LogP contribution in [0.5, 0.6) is 5.75 Å². The van der Waals surface area contributed by atoms with Gasteiger partial charge in [-0.2, -0.15) is 13.2 Å². The van der Waals surface area contributed by atoms with E-state index in [4.69, 9.17) is 4.74 Å². The van der Waals surface area contributed by atoms with E-state index in [0.29, 0.717) is 6.42 Å². The molecule has 134 valence electrons. The SMILES string of the molecule is CC(C)(C)Oc1ccc(CNC(=O)C2CCCN2)c(C(F)(F)F)c1. The standard InChI is InChI=1S/C17H23F3N2O2/c1-16(2,3)24-12-7-6-11(13(9-12)17(18,19)20)10-22-15(23)14-5-4-8-21-14/h6-7,9,14,21H,4-5,8,10H2,1-3H3,(H,22,23). The van der Waals surface area contributed by atoms with Crippen LogP contribution in [0.4, 0.5) is 13.2 Å². The van der Waals surface area contributed by atoms with Gasteiger partial charge in [-0.1, -0.05) is 6.07 Å². The number of hydrogen-bond acceptors (Lipinski definition) is 3. The first-order chi connectivity index (χ1) is 11.1. The molecule has 0 saturated carbocycles. The predicted molar refractivity (Wildman–Crippen MR) is 84.7 cm³/mol. The summed E-state index contributed by atoms with van der Waals surface area (Å²) in [5.74, 6) is -0.113. The quantitative estimate of drug-likeness (QED) is 0.882. The minimum absolute atomic E-state index is 0.0232. The lowest BCUT2D eigenvalue weighted by molar-refractivity contribution is -0.138. The van der Waals surface area contributed by atoms with Gasteiger partial charge in [-0.3, -0.25) is 4.79 Å². The largest absolute Gasteiger partial charge is 0.488 e. The van der Waals surface area contributed by atoms with E-state index in [1.165, 1.54) is 12.1 Å². The van der Waals surface area contributed by atoms with Gasteiger partial charge in [0.15, 0.2) is 0 Å². The van der Waals surface area contributed by atoms with E-state index in [1.807, 2.05) is 0 Å². The third kappa shape index (κ3) is 5.12. The molecule has 2 rings (SSSR count). The Balaban J connectivity index is 2.14. The second-order valence-electron chi connectivity index (χ2n) is 6.90. The summed E-state index contributed by atoms with van der Waals surface area (Å²) in [7, 11) is 0. The topological polar surface area (TPSA) is 50.4 Å². The highest BCUT2D eigenvalue weighted by atomic mass is 19.4. The van der Waals surface area contributed by atoms with Crippen LogP contribution in [0.25, 0.3) is 0 Å². The van der Waals surface area contributed by atoms with Crippen molar-refractivity contribution in [3.8, 4) is 5.75 Å². The lowest BCUT2D eigenvalue weighted by atomic mass is 10.1. The maximum absolute atomic E-state index is 13.3. The van der Waals surface area contributed by atoms with Gasteiger partial charge in [0.25, 0.3) is 0 Å². The zero-order chi connectivity index (χ0) is 18.0. The minimum Gasteiger partial charge on any atom is -0.488 e. The molecule has 1 heterocycles. The van der Waals surface area contributed by atoms with Crippen molar-refractivity contribution in [1.29, 1.82) is 0 Å². The van der Waals surface area contributed by atoms with Crippen LogP contribution in [-0.4, -0.2) is 24.1 Å². The molecule has 1 saturated heterocycles. The molecule has 0 bridgehead atoms. The number of rotatable bonds is 4. The maximum atomic E-state index is 13.3. The molecule has 1 fully saturated rings. The average Bonchev–Trinajstić information content (AvgIpc) is 2.97. The fourth-order valence-electron chi connectivity index (χ4n) is 2.60. The van der Waals surface area contributed by atoms with Crippen molar-refractivity contribution in [2.75, 3.05) is 6.54 Å². The fourth-order valence-corrected chi connectivity index (χ4v) is 2.60.